The zero-order valence-corrected chi connectivity index (χ0v) is 19.9. The van der Waals surface area contributed by atoms with Crippen LogP contribution in [0.2, 0.25) is 0 Å². The summed E-state index contributed by atoms with van der Waals surface area (Å²) in [6.07, 6.45) is 0. The van der Waals surface area contributed by atoms with Gasteiger partial charge in [-0.1, -0.05) is 11.8 Å². The average Bonchev–Trinajstić information content (AvgIpc) is 3.23. The van der Waals surface area contributed by atoms with E-state index in [-0.39, 0.29) is 17.1 Å². The van der Waals surface area contributed by atoms with E-state index >= 15 is 0 Å². The Hall–Kier alpha value is -3.99. The van der Waals surface area contributed by atoms with Crippen molar-refractivity contribution >= 4 is 34.4 Å². The number of nitrogens with one attached hydrogen (secondary N) is 3. The van der Waals surface area contributed by atoms with Crippen LogP contribution in [-0.2, 0) is 4.79 Å². The van der Waals surface area contributed by atoms with Gasteiger partial charge >= 0.3 is 0 Å². The Morgan fingerprint density at radius 3 is 2.47 bits per heavy atom. The number of benzene rings is 2. The molecule has 1 amide bonds. The second-order valence-electron chi connectivity index (χ2n) is 7.23. The van der Waals surface area contributed by atoms with E-state index in [9.17, 15) is 4.79 Å². The van der Waals surface area contributed by atoms with Crippen LogP contribution in [0.25, 0.3) is 16.7 Å². The minimum absolute atomic E-state index is 0.0534. The summed E-state index contributed by atoms with van der Waals surface area (Å²) in [7, 11) is 4.68. The van der Waals surface area contributed by atoms with Gasteiger partial charge in [-0.25, -0.2) is 4.98 Å². The van der Waals surface area contributed by atoms with E-state index in [4.69, 9.17) is 19.6 Å². The topological polar surface area (TPSA) is 127 Å². The molecule has 2 heterocycles. The summed E-state index contributed by atoms with van der Waals surface area (Å²) in [4.78, 5) is 17.4. The van der Waals surface area contributed by atoms with Crippen LogP contribution in [-0.4, -0.2) is 52.7 Å². The highest BCUT2D eigenvalue weighted by molar-refractivity contribution is 7.99. The summed E-state index contributed by atoms with van der Waals surface area (Å²) in [5.41, 5.74) is 2.61. The number of hydrogen-bond acceptors (Lipinski definition) is 8. The number of aromatic amines is 1. The van der Waals surface area contributed by atoms with Gasteiger partial charge in [-0.15, -0.1) is 0 Å². The molecule has 0 aliphatic carbocycles. The molecule has 4 rings (SSSR count). The average molecular weight is 481 g/mol. The fraction of sp³-hybridized carbons (Fsp3) is 0.217. The minimum atomic E-state index is -0.260. The van der Waals surface area contributed by atoms with Crippen molar-refractivity contribution in [2.45, 2.75) is 12.1 Å². The van der Waals surface area contributed by atoms with Crippen molar-refractivity contribution in [2.24, 2.45) is 0 Å². The highest BCUT2D eigenvalue weighted by atomic mass is 32.2. The highest BCUT2D eigenvalue weighted by Crippen LogP contribution is 2.29. The third kappa shape index (κ3) is 4.55. The maximum absolute atomic E-state index is 12.8. The van der Waals surface area contributed by atoms with E-state index in [2.05, 4.69) is 20.5 Å². The smallest absolute Gasteiger partial charge is 0.234 e. The summed E-state index contributed by atoms with van der Waals surface area (Å²) in [5.74, 6) is 1.61. The van der Waals surface area contributed by atoms with Crippen LogP contribution in [0.3, 0.4) is 0 Å². The summed E-state index contributed by atoms with van der Waals surface area (Å²) in [6.45, 7) is 1.84. The number of aromatic nitrogens is 4. The van der Waals surface area contributed by atoms with E-state index in [1.54, 1.807) is 37.0 Å². The molecule has 0 aliphatic rings. The Balaban J connectivity index is 1.65. The number of anilines is 1. The van der Waals surface area contributed by atoms with Crippen LogP contribution >= 0.6 is 11.8 Å². The lowest BCUT2D eigenvalue weighted by Crippen LogP contribution is -2.23. The van der Waals surface area contributed by atoms with E-state index in [1.807, 2.05) is 31.2 Å². The molecule has 0 saturated carbocycles. The zero-order chi connectivity index (χ0) is 24.2. The molecule has 0 radical (unpaired) electrons. The lowest BCUT2D eigenvalue weighted by atomic mass is 10.2. The standard InChI is InChI=1S/C23H24N6O4S/c1-13-20-21(24)29(14-5-7-15(31-2)8-6-14)23(26-22(20)28-27-13)34-12-19(30)25-17-11-16(32-3)9-10-18(17)33-4/h5-11,24H,12H2,1-4H3,(H,25,30)(H,27,28). The number of amides is 1. The van der Waals surface area contributed by atoms with Gasteiger partial charge in [0.15, 0.2) is 10.8 Å². The number of thioether (sulfide) groups is 1. The number of rotatable bonds is 8. The number of ether oxygens (including phenoxy) is 3. The minimum Gasteiger partial charge on any atom is -0.497 e. The van der Waals surface area contributed by atoms with E-state index in [0.717, 1.165) is 11.4 Å². The molecule has 2 aromatic heterocycles. The lowest BCUT2D eigenvalue weighted by Gasteiger charge is -2.14. The summed E-state index contributed by atoms with van der Waals surface area (Å²) in [6, 6.07) is 12.5. The molecule has 11 heteroatoms. The Bertz CT molecular complexity index is 1400. The number of nitrogens with zero attached hydrogens (tertiary/aromatic N) is 3. The van der Waals surface area contributed by atoms with Crippen LogP contribution in [0.5, 0.6) is 17.2 Å². The zero-order valence-electron chi connectivity index (χ0n) is 19.1. The Morgan fingerprint density at radius 1 is 1.09 bits per heavy atom. The van der Waals surface area contributed by atoms with Gasteiger partial charge in [0, 0.05) is 17.4 Å². The summed E-state index contributed by atoms with van der Waals surface area (Å²) >= 11 is 1.20. The first-order valence-corrected chi connectivity index (χ1v) is 11.2. The molecule has 0 aliphatic heterocycles. The van der Waals surface area contributed by atoms with Gasteiger partial charge in [-0.3, -0.25) is 19.9 Å². The van der Waals surface area contributed by atoms with Gasteiger partial charge in [0.2, 0.25) is 5.91 Å². The second kappa shape index (κ2) is 9.87. The number of aryl methyl sites for hydroxylation is 1. The SMILES string of the molecule is COc1ccc(-n2c(SCC(=O)Nc3cc(OC)ccc3OC)nc3n[nH]c(C)c3c2=N)cc1. The number of carbonyl (C=O) groups is 1. The molecule has 0 spiro atoms. The van der Waals surface area contributed by atoms with Crippen LogP contribution < -0.4 is 25.0 Å². The maximum atomic E-state index is 12.8. The summed E-state index contributed by atoms with van der Waals surface area (Å²) < 4.78 is 17.5. The summed E-state index contributed by atoms with van der Waals surface area (Å²) in [5, 5.41) is 19.8. The number of hydrogen-bond donors (Lipinski definition) is 3. The van der Waals surface area contributed by atoms with Gasteiger partial charge in [0.1, 0.15) is 22.7 Å². The quantitative estimate of drug-likeness (QED) is 0.261. The first-order valence-electron chi connectivity index (χ1n) is 10.3. The van der Waals surface area contributed by atoms with Gasteiger partial charge in [0.25, 0.3) is 0 Å². The number of fused-ring (bicyclic) bond motifs is 1. The molecule has 0 fully saturated rings. The van der Waals surface area contributed by atoms with Crippen LogP contribution in [0.15, 0.2) is 47.6 Å². The largest absolute Gasteiger partial charge is 0.497 e. The number of methoxy groups -OCH3 is 3. The fourth-order valence-electron chi connectivity index (χ4n) is 3.42. The molecule has 0 atom stereocenters. The third-order valence-corrected chi connectivity index (χ3v) is 6.06. The molecule has 34 heavy (non-hydrogen) atoms. The first kappa shape index (κ1) is 23.2. The van der Waals surface area contributed by atoms with Crippen LogP contribution in [0.4, 0.5) is 5.69 Å². The molecule has 3 N–H and O–H groups in total. The fourth-order valence-corrected chi connectivity index (χ4v) is 4.23. The molecule has 10 nitrogen and oxygen atoms in total. The normalized spacial score (nSPS) is 10.8. The lowest BCUT2D eigenvalue weighted by molar-refractivity contribution is -0.113. The van der Waals surface area contributed by atoms with Crippen molar-refractivity contribution < 1.29 is 19.0 Å². The number of H-pyrrole nitrogens is 1. The predicted octanol–water partition coefficient (Wildman–Crippen LogP) is 3.29. The van der Waals surface area contributed by atoms with Gasteiger partial charge < -0.3 is 19.5 Å². The Kier molecular flexibility index (Phi) is 6.73. The molecule has 0 bridgehead atoms. The Labute approximate surface area is 199 Å². The van der Waals surface area contributed by atoms with Crippen molar-refractivity contribution in [3.05, 3.63) is 53.6 Å². The van der Waals surface area contributed by atoms with E-state index < -0.39 is 0 Å². The van der Waals surface area contributed by atoms with Crippen molar-refractivity contribution in [1.29, 1.82) is 5.41 Å². The van der Waals surface area contributed by atoms with E-state index in [1.165, 1.54) is 18.9 Å². The third-order valence-electron chi connectivity index (χ3n) is 5.13. The Morgan fingerprint density at radius 2 is 1.79 bits per heavy atom. The van der Waals surface area contributed by atoms with Crippen molar-refractivity contribution in [2.75, 3.05) is 32.4 Å². The second-order valence-corrected chi connectivity index (χ2v) is 8.17. The van der Waals surface area contributed by atoms with Gasteiger partial charge in [-0.05, 0) is 43.3 Å². The number of carbonyl (C=O) groups excluding carboxylic acids is 1. The molecule has 4 aromatic rings. The molecular weight excluding hydrogens is 456 g/mol. The molecule has 0 saturated heterocycles. The van der Waals surface area contributed by atoms with Gasteiger partial charge in [-0.2, -0.15) is 5.10 Å². The highest BCUT2D eigenvalue weighted by Gasteiger charge is 2.17. The maximum Gasteiger partial charge on any atom is 0.234 e. The van der Waals surface area contributed by atoms with Crippen molar-refractivity contribution in [3.8, 4) is 22.9 Å². The molecular formula is C23H24N6O4S. The van der Waals surface area contributed by atoms with Crippen LogP contribution in [0, 0.1) is 12.3 Å². The van der Waals surface area contributed by atoms with Gasteiger partial charge in [0.05, 0.1) is 38.2 Å². The van der Waals surface area contributed by atoms with Crippen LogP contribution in [0.1, 0.15) is 5.69 Å². The molecule has 0 unspecified atom stereocenters. The first-order chi connectivity index (χ1) is 16.4. The molecule has 176 valence electrons. The monoisotopic (exact) mass is 480 g/mol. The van der Waals surface area contributed by atoms with E-state index in [0.29, 0.717) is 39.1 Å². The molecule has 2 aromatic carbocycles. The predicted molar refractivity (Wildman–Crippen MR) is 129 cm³/mol. The van der Waals surface area contributed by atoms with Crippen molar-refractivity contribution in [3.63, 3.8) is 0 Å². The van der Waals surface area contributed by atoms with Crippen molar-refractivity contribution in [1.82, 2.24) is 19.7 Å².